The predicted octanol–water partition coefficient (Wildman–Crippen LogP) is 3.04. The number of nitrogen functional groups attached to an aromatic ring is 1. The lowest BCUT2D eigenvalue weighted by Gasteiger charge is -2.14. The maximum Gasteiger partial charge on any atom is 0.251 e. The fourth-order valence-corrected chi connectivity index (χ4v) is 1.78. The molecule has 0 radical (unpaired) electrons. The Morgan fingerprint density at radius 3 is 2.40 bits per heavy atom. The monoisotopic (exact) mass is 276 g/mol. The largest absolute Gasteiger partial charge is 0.396 e. The van der Waals surface area contributed by atoms with Crippen LogP contribution in [-0.4, -0.2) is 5.91 Å². The average Bonchev–Trinajstić information content (AvgIpc) is 2.42. The lowest BCUT2D eigenvalue weighted by Crippen LogP contribution is -2.26. The van der Waals surface area contributed by atoms with E-state index in [1.807, 2.05) is 0 Å². The average molecular weight is 276 g/mol. The van der Waals surface area contributed by atoms with Gasteiger partial charge in [-0.25, -0.2) is 8.78 Å². The first-order valence-corrected chi connectivity index (χ1v) is 6.08. The SMILES string of the molecule is C[C@@H](NC(=O)c1ccc(N)c(F)c1)c1ccc(F)cc1. The molecule has 20 heavy (non-hydrogen) atoms. The molecule has 0 aliphatic carbocycles. The van der Waals surface area contributed by atoms with Gasteiger partial charge in [0, 0.05) is 5.56 Å². The van der Waals surface area contributed by atoms with Gasteiger partial charge in [0.2, 0.25) is 0 Å². The van der Waals surface area contributed by atoms with Gasteiger partial charge in [-0.05, 0) is 42.8 Å². The van der Waals surface area contributed by atoms with Crippen LogP contribution in [0.25, 0.3) is 0 Å². The minimum Gasteiger partial charge on any atom is -0.396 e. The Morgan fingerprint density at radius 1 is 1.15 bits per heavy atom. The summed E-state index contributed by atoms with van der Waals surface area (Å²) in [5.74, 6) is -1.39. The minimum absolute atomic E-state index is 0.00636. The number of benzene rings is 2. The van der Waals surface area contributed by atoms with Crippen LogP contribution < -0.4 is 11.1 Å². The van der Waals surface area contributed by atoms with Gasteiger partial charge in [0.15, 0.2) is 0 Å². The highest BCUT2D eigenvalue weighted by molar-refractivity contribution is 5.94. The summed E-state index contributed by atoms with van der Waals surface area (Å²) >= 11 is 0. The quantitative estimate of drug-likeness (QED) is 0.847. The Kier molecular flexibility index (Phi) is 3.98. The number of nitrogens with two attached hydrogens (primary N) is 1. The Hall–Kier alpha value is -2.43. The van der Waals surface area contributed by atoms with Crippen molar-refractivity contribution in [1.82, 2.24) is 5.32 Å². The van der Waals surface area contributed by atoms with Crippen LogP contribution in [0.15, 0.2) is 42.5 Å². The summed E-state index contributed by atoms with van der Waals surface area (Å²) in [5.41, 5.74) is 6.29. The molecule has 5 heteroatoms. The number of hydrogen-bond acceptors (Lipinski definition) is 2. The molecule has 0 fully saturated rings. The molecule has 0 aromatic heterocycles. The van der Waals surface area contributed by atoms with Crippen molar-refractivity contribution in [3.05, 3.63) is 65.2 Å². The first-order valence-electron chi connectivity index (χ1n) is 6.08. The van der Waals surface area contributed by atoms with Crippen LogP contribution in [-0.2, 0) is 0 Å². The zero-order valence-electron chi connectivity index (χ0n) is 10.9. The van der Waals surface area contributed by atoms with E-state index in [-0.39, 0.29) is 23.1 Å². The maximum atomic E-state index is 13.3. The molecule has 3 nitrogen and oxygen atoms in total. The van der Waals surface area contributed by atoms with Crippen molar-refractivity contribution in [3.63, 3.8) is 0 Å². The van der Waals surface area contributed by atoms with E-state index in [2.05, 4.69) is 5.32 Å². The molecule has 0 saturated carbocycles. The van der Waals surface area contributed by atoms with E-state index in [0.717, 1.165) is 11.6 Å². The molecule has 1 amide bonds. The highest BCUT2D eigenvalue weighted by Crippen LogP contribution is 2.16. The number of hydrogen-bond donors (Lipinski definition) is 2. The van der Waals surface area contributed by atoms with Crippen LogP contribution >= 0.6 is 0 Å². The van der Waals surface area contributed by atoms with Crippen molar-refractivity contribution in [1.29, 1.82) is 0 Å². The Balaban J connectivity index is 2.10. The Bertz CT molecular complexity index is 626. The van der Waals surface area contributed by atoms with Crippen molar-refractivity contribution in [2.75, 3.05) is 5.73 Å². The van der Waals surface area contributed by atoms with Crippen LogP contribution in [0, 0.1) is 11.6 Å². The fraction of sp³-hybridized carbons (Fsp3) is 0.133. The lowest BCUT2D eigenvalue weighted by atomic mass is 10.1. The van der Waals surface area contributed by atoms with E-state index in [1.165, 1.54) is 24.3 Å². The van der Waals surface area contributed by atoms with Crippen molar-refractivity contribution >= 4 is 11.6 Å². The molecule has 0 saturated heterocycles. The Labute approximate surface area is 115 Å². The molecule has 0 aliphatic rings. The second-order valence-corrected chi connectivity index (χ2v) is 4.48. The molecule has 0 unspecified atom stereocenters. The van der Waals surface area contributed by atoms with E-state index < -0.39 is 11.7 Å². The van der Waals surface area contributed by atoms with Crippen LogP contribution in [0.5, 0.6) is 0 Å². The van der Waals surface area contributed by atoms with Crippen molar-refractivity contribution in [2.24, 2.45) is 0 Å². The molecule has 2 aromatic carbocycles. The van der Waals surface area contributed by atoms with Crippen LogP contribution in [0.2, 0.25) is 0 Å². The smallest absolute Gasteiger partial charge is 0.251 e. The number of carbonyl (C=O) groups excluding carboxylic acids is 1. The summed E-state index contributed by atoms with van der Waals surface area (Å²) in [7, 11) is 0. The van der Waals surface area contributed by atoms with Crippen molar-refractivity contribution in [3.8, 4) is 0 Å². The first-order chi connectivity index (χ1) is 9.47. The van der Waals surface area contributed by atoms with Gasteiger partial charge in [-0.2, -0.15) is 0 Å². The molecule has 3 N–H and O–H groups in total. The van der Waals surface area contributed by atoms with Gasteiger partial charge < -0.3 is 11.1 Å². The normalized spacial score (nSPS) is 11.9. The van der Waals surface area contributed by atoms with Crippen LogP contribution in [0.1, 0.15) is 28.9 Å². The molecular weight excluding hydrogens is 262 g/mol. The maximum absolute atomic E-state index is 13.3. The van der Waals surface area contributed by atoms with E-state index in [1.54, 1.807) is 19.1 Å². The predicted molar refractivity (Wildman–Crippen MR) is 73.1 cm³/mol. The highest BCUT2D eigenvalue weighted by atomic mass is 19.1. The number of carbonyl (C=O) groups is 1. The lowest BCUT2D eigenvalue weighted by molar-refractivity contribution is 0.0939. The highest BCUT2D eigenvalue weighted by Gasteiger charge is 2.12. The van der Waals surface area contributed by atoms with Gasteiger partial charge in [0.1, 0.15) is 11.6 Å². The molecule has 2 aromatic rings. The standard InChI is InChI=1S/C15H14F2N2O/c1-9(10-2-5-12(16)6-3-10)19-15(20)11-4-7-14(18)13(17)8-11/h2-9H,18H2,1H3,(H,19,20)/t9-/m1/s1. The van der Waals surface area contributed by atoms with Gasteiger partial charge >= 0.3 is 0 Å². The summed E-state index contributed by atoms with van der Waals surface area (Å²) < 4.78 is 26.1. The van der Waals surface area contributed by atoms with E-state index >= 15 is 0 Å². The minimum atomic E-state index is -0.632. The number of halogens is 2. The van der Waals surface area contributed by atoms with Gasteiger partial charge in [0.25, 0.3) is 5.91 Å². The van der Waals surface area contributed by atoms with Crippen LogP contribution in [0.4, 0.5) is 14.5 Å². The zero-order chi connectivity index (χ0) is 14.7. The number of anilines is 1. The third kappa shape index (κ3) is 3.12. The van der Waals surface area contributed by atoms with E-state index in [0.29, 0.717) is 0 Å². The molecule has 0 aliphatic heterocycles. The molecule has 1 atom stereocenters. The van der Waals surface area contributed by atoms with Crippen molar-refractivity contribution < 1.29 is 13.6 Å². The molecular formula is C15H14F2N2O. The summed E-state index contributed by atoms with van der Waals surface area (Å²) in [6, 6.07) is 9.37. The van der Waals surface area contributed by atoms with Gasteiger partial charge in [-0.1, -0.05) is 12.1 Å². The van der Waals surface area contributed by atoms with Gasteiger partial charge in [0.05, 0.1) is 11.7 Å². The zero-order valence-corrected chi connectivity index (χ0v) is 10.9. The molecule has 0 spiro atoms. The summed E-state index contributed by atoms with van der Waals surface area (Å²) in [5, 5.41) is 2.71. The van der Waals surface area contributed by atoms with Gasteiger partial charge in [-0.15, -0.1) is 0 Å². The topological polar surface area (TPSA) is 55.1 Å². The summed E-state index contributed by atoms with van der Waals surface area (Å²) in [6.07, 6.45) is 0. The first kappa shape index (κ1) is 14.0. The van der Waals surface area contributed by atoms with E-state index in [9.17, 15) is 13.6 Å². The molecule has 0 heterocycles. The third-order valence-corrected chi connectivity index (χ3v) is 2.98. The van der Waals surface area contributed by atoms with Gasteiger partial charge in [-0.3, -0.25) is 4.79 Å². The van der Waals surface area contributed by atoms with E-state index in [4.69, 9.17) is 5.73 Å². The summed E-state index contributed by atoms with van der Waals surface area (Å²) in [4.78, 5) is 12.0. The molecule has 2 rings (SSSR count). The van der Waals surface area contributed by atoms with Crippen LogP contribution in [0.3, 0.4) is 0 Å². The Morgan fingerprint density at radius 2 is 1.80 bits per heavy atom. The fourth-order valence-electron chi connectivity index (χ4n) is 1.78. The molecule has 0 bridgehead atoms. The second-order valence-electron chi connectivity index (χ2n) is 4.48. The van der Waals surface area contributed by atoms with Crippen molar-refractivity contribution in [2.45, 2.75) is 13.0 Å². The number of rotatable bonds is 3. The molecule has 104 valence electrons. The summed E-state index contributed by atoms with van der Waals surface area (Å²) in [6.45, 7) is 1.76. The number of amides is 1. The second kappa shape index (κ2) is 5.69. The number of nitrogens with one attached hydrogen (secondary N) is 1. The third-order valence-electron chi connectivity index (χ3n) is 2.98.